The van der Waals surface area contributed by atoms with Gasteiger partial charge in [0.1, 0.15) is 0 Å². The number of rotatable bonds is 3. The van der Waals surface area contributed by atoms with Crippen LogP contribution in [-0.2, 0) is 0 Å². The molecule has 0 fully saturated rings. The number of thiophene rings is 1. The molecule has 8 heteroatoms. The number of anilines is 1. The Labute approximate surface area is 135 Å². The fourth-order valence-electron chi connectivity index (χ4n) is 2.12. The highest BCUT2D eigenvalue weighted by Crippen LogP contribution is 2.26. The Balaban J connectivity index is 1.77. The lowest BCUT2D eigenvalue weighted by Gasteiger charge is -2.04. The third kappa shape index (κ3) is 2.55. The van der Waals surface area contributed by atoms with Gasteiger partial charge in [-0.3, -0.25) is 4.98 Å². The minimum Gasteiger partial charge on any atom is -0.382 e. The Kier molecular flexibility index (Phi) is 3.28. The Morgan fingerprint density at radius 1 is 1.04 bits per heavy atom. The Hall–Kier alpha value is -3.13. The average Bonchev–Trinajstić information content (AvgIpc) is 3.27. The molecule has 4 aromatic heterocycles. The summed E-state index contributed by atoms with van der Waals surface area (Å²) in [6.07, 6.45) is 5.05. The van der Waals surface area contributed by atoms with Crippen LogP contribution in [0.4, 0.5) is 5.82 Å². The summed E-state index contributed by atoms with van der Waals surface area (Å²) in [5.41, 5.74) is 7.96. The summed E-state index contributed by atoms with van der Waals surface area (Å²) >= 11 is 1.58. The topological polar surface area (TPSA) is 106 Å². The van der Waals surface area contributed by atoms with Crippen molar-refractivity contribution in [2.24, 2.45) is 0 Å². The van der Waals surface area contributed by atoms with Crippen molar-refractivity contribution in [1.29, 1.82) is 0 Å². The second kappa shape index (κ2) is 5.58. The first-order valence-electron chi connectivity index (χ1n) is 6.81. The number of nitrogens with one attached hydrogen (secondary N) is 1. The van der Waals surface area contributed by atoms with Crippen molar-refractivity contribution in [2.75, 3.05) is 5.73 Å². The smallest absolute Gasteiger partial charge is 0.184 e. The van der Waals surface area contributed by atoms with Gasteiger partial charge in [0.05, 0.1) is 16.8 Å². The van der Waals surface area contributed by atoms with Gasteiger partial charge in [0.2, 0.25) is 0 Å². The van der Waals surface area contributed by atoms with Gasteiger partial charge in [-0.2, -0.15) is 0 Å². The van der Waals surface area contributed by atoms with E-state index in [-0.39, 0.29) is 0 Å². The molecule has 4 heterocycles. The maximum atomic E-state index is 5.95. The number of H-pyrrole nitrogens is 1. The fraction of sp³-hybridized carbons (Fsp3) is 0. The molecule has 7 nitrogen and oxygen atoms in total. The molecule has 112 valence electrons. The highest BCUT2D eigenvalue weighted by atomic mass is 32.1. The van der Waals surface area contributed by atoms with Gasteiger partial charge in [0, 0.05) is 18.0 Å². The second-order valence-corrected chi connectivity index (χ2v) is 5.68. The van der Waals surface area contributed by atoms with E-state index in [1.165, 1.54) is 0 Å². The zero-order chi connectivity index (χ0) is 15.6. The van der Waals surface area contributed by atoms with Crippen molar-refractivity contribution in [3.05, 3.63) is 48.2 Å². The van der Waals surface area contributed by atoms with Crippen LogP contribution in [0.25, 0.3) is 33.5 Å². The highest BCUT2D eigenvalue weighted by molar-refractivity contribution is 7.13. The van der Waals surface area contributed by atoms with Crippen LogP contribution in [0.5, 0.6) is 0 Å². The average molecular weight is 321 g/mol. The summed E-state index contributed by atoms with van der Waals surface area (Å²) < 4.78 is 0. The predicted octanol–water partition coefficient (Wildman–Crippen LogP) is 2.63. The molecular weight excluding hydrogens is 310 g/mol. The van der Waals surface area contributed by atoms with Crippen molar-refractivity contribution in [3.8, 4) is 33.5 Å². The van der Waals surface area contributed by atoms with Gasteiger partial charge in [0.15, 0.2) is 23.2 Å². The van der Waals surface area contributed by atoms with E-state index in [0.29, 0.717) is 28.9 Å². The number of nitrogens with two attached hydrogens (primary N) is 1. The predicted molar refractivity (Wildman–Crippen MR) is 88.4 cm³/mol. The number of pyridine rings is 1. The first kappa shape index (κ1) is 13.5. The molecule has 4 rings (SSSR count). The first-order valence-corrected chi connectivity index (χ1v) is 7.69. The summed E-state index contributed by atoms with van der Waals surface area (Å²) in [5, 5.41) is 10.3. The van der Waals surface area contributed by atoms with Gasteiger partial charge < -0.3 is 10.7 Å². The lowest BCUT2D eigenvalue weighted by molar-refractivity contribution is 1.08. The van der Waals surface area contributed by atoms with Crippen LogP contribution < -0.4 is 5.73 Å². The van der Waals surface area contributed by atoms with Crippen LogP contribution >= 0.6 is 11.3 Å². The number of hydrogen-bond donors (Lipinski definition) is 2. The summed E-state index contributed by atoms with van der Waals surface area (Å²) in [5.74, 6) is 1.47. The molecule has 0 aromatic carbocycles. The normalized spacial score (nSPS) is 10.8. The molecule has 0 atom stereocenters. The maximum Gasteiger partial charge on any atom is 0.184 e. The van der Waals surface area contributed by atoms with E-state index in [9.17, 15) is 0 Å². The molecule has 23 heavy (non-hydrogen) atoms. The minimum absolute atomic E-state index is 0.298. The van der Waals surface area contributed by atoms with Gasteiger partial charge in [-0.15, -0.1) is 21.5 Å². The Morgan fingerprint density at radius 3 is 2.74 bits per heavy atom. The van der Waals surface area contributed by atoms with E-state index in [1.54, 1.807) is 29.9 Å². The van der Waals surface area contributed by atoms with Crippen LogP contribution in [0.15, 0.2) is 48.2 Å². The number of nitrogens with zero attached hydrogens (tertiary/aromatic N) is 5. The largest absolute Gasteiger partial charge is 0.382 e. The number of aromatic amines is 1. The lowest BCUT2D eigenvalue weighted by atomic mass is 10.2. The van der Waals surface area contributed by atoms with Gasteiger partial charge in [-0.1, -0.05) is 6.07 Å². The maximum absolute atomic E-state index is 5.95. The molecule has 0 aliphatic rings. The Bertz CT molecular complexity index is 932. The highest BCUT2D eigenvalue weighted by Gasteiger charge is 2.14. The van der Waals surface area contributed by atoms with Crippen LogP contribution in [0, 0.1) is 0 Å². The molecule has 0 aliphatic carbocycles. The van der Waals surface area contributed by atoms with E-state index in [1.807, 2.05) is 29.6 Å². The van der Waals surface area contributed by atoms with E-state index in [0.717, 1.165) is 10.4 Å². The summed E-state index contributed by atoms with van der Waals surface area (Å²) in [4.78, 5) is 17.0. The molecule has 0 amide bonds. The second-order valence-electron chi connectivity index (χ2n) is 4.73. The molecule has 0 unspecified atom stereocenters. The number of hydrogen-bond acceptors (Lipinski definition) is 7. The molecule has 3 N–H and O–H groups in total. The van der Waals surface area contributed by atoms with Crippen LogP contribution in [0.1, 0.15) is 0 Å². The van der Waals surface area contributed by atoms with Gasteiger partial charge in [0.25, 0.3) is 0 Å². The number of nitrogen functional groups attached to an aromatic ring is 1. The van der Waals surface area contributed by atoms with E-state index in [4.69, 9.17) is 5.73 Å². The van der Waals surface area contributed by atoms with Crippen molar-refractivity contribution in [2.45, 2.75) is 0 Å². The third-order valence-corrected chi connectivity index (χ3v) is 4.10. The zero-order valence-corrected chi connectivity index (χ0v) is 12.7. The van der Waals surface area contributed by atoms with E-state index in [2.05, 4.69) is 30.1 Å². The van der Waals surface area contributed by atoms with Gasteiger partial charge in [-0.25, -0.2) is 9.97 Å². The van der Waals surface area contributed by atoms with Crippen LogP contribution in [-0.4, -0.2) is 30.1 Å². The van der Waals surface area contributed by atoms with Crippen molar-refractivity contribution >= 4 is 17.2 Å². The molecule has 0 bridgehead atoms. The van der Waals surface area contributed by atoms with E-state index >= 15 is 0 Å². The summed E-state index contributed by atoms with van der Waals surface area (Å²) in [7, 11) is 0. The molecule has 0 spiro atoms. The van der Waals surface area contributed by atoms with Gasteiger partial charge in [-0.05, 0) is 23.6 Å². The van der Waals surface area contributed by atoms with Crippen molar-refractivity contribution in [3.63, 3.8) is 0 Å². The summed E-state index contributed by atoms with van der Waals surface area (Å²) in [6.45, 7) is 0. The quantitative estimate of drug-likeness (QED) is 0.601. The molecule has 0 radical (unpaired) electrons. The van der Waals surface area contributed by atoms with Crippen molar-refractivity contribution in [1.82, 2.24) is 30.1 Å². The Morgan fingerprint density at radius 2 is 1.96 bits per heavy atom. The zero-order valence-electron chi connectivity index (χ0n) is 11.8. The summed E-state index contributed by atoms with van der Waals surface area (Å²) in [6, 6.07) is 7.68. The molecule has 4 aromatic rings. The van der Waals surface area contributed by atoms with Crippen LogP contribution in [0.2, 0.25) is 0 Å². The first-order chi connectivity index (χ1) is 11.3. The molecule has 0 saturated heterocycles. The van der Waals surface area contributed by atoms with Crippen molar-refractivity contribution < 1.29 is 0 Å². The standard InChI is InChI=1S/C15H11N7S/c16-13-12(15-20-14(21-22-15)11-4-2-6-23-11)19-10(8-18-13)9-3-1-5-17-7-9/h1-8H,(H2,16,18)(H,20,21,22). The monoisotopic (exact) mass is 321 g/mol. The minimum atomic E-state index is 0.298. The molecule has 0 saturated carbocycles. The SMILES string of the molecule is Nc1ncc(-c2cccnc2)nc1-c1nnc(-c2cccs2)[nH]1. The fourth-order valence-corrected chi connectivity index (χ4v) is 2.78. The van der Waals surface area contributed by atoms with Crippen LogP contribution in [0.3, 0.4) is 0 Å². The molecular formula is C15H11N7S. The number of aromatic nitrogens is 6. The molecule has 0 aliphatic heterocycles. The van der Waals surface area contributed by atoms with Gasteiger partial charge >= 0.3 is 0 Å². The van der Waals surface area contributed by atoms with E-state index < -0.39 is 0 Å². The third-order valence-electron chi connectivity index (χ3n) is 3.22. The lowest BCUT2D eigenvalue weighted by Crippen LogP contribution is -2.00.